The van der Waals surface area contributed by atoms with Gasteiger partial charge < -0.3 is 9.88 Å². The van der Waals surface area contributed by atoms with Gasteiger partial charge in [-0.05, 0) is 69.3 Å². The molecular weight excluding hydrogens is 558 g/mol. The zero-order chi connectivity index (χ0) is 30.8. The number of para-hydroxylation sites is 1. The van der Waals surface area contributed by atoms with Gasteiger partial charge >= 0.3 is 0 Å². The van der Waals surface area contributed by atoms with E-state index in [1.807, 2.05) is 6.07 Å². The highest BCUT2D eigenvalue weighted by Crippen LogP contribution is 2.53. The van der Waals surface area contributed by atoms with E-state index in [-0.39, 0.29) is 11.6 Å². The minimum Gasteiger partial charge on any atom is -0.360 e. The van der Waals surface area contributed by atoms with Gasteiger partial charge in [0.25, 0.3) is 0 Å². The van der Waals surface area contributed by atoms with E-state index in [1.54, 1.807) is 0 Å². The predicted molar refractivity (Wildman–Crippen MR) is 192 cm³/mol. The first-order chi connectivity index (χ1) is 22.6. The van der Waals surface area contributed by atoms with Gasteiger partial charge in [-0.1, -0.05) is 135 Å². The molecule has 6 aromatic carbocycles. The number of nitrogens with one attached hydrogen (secondary N) is 1. The lowest BCUT2D eigenvalue weighted by Gasteiger charge is -2.25. The van der Waals surface area contributed by atoms with Crippen LogP contribution in [0.2, 0.25) is 0 Å². The smallest absolute Gasteiger partial charge is 0.145 e. The zero-order valence-electron chi connectivity index (χ0n) is 25.9. The fourth-order valence-corrected chi connectivity index (χ4v) is 7.66. The van der Waals surface area contributed by atoms with E-state index in [4.69, 9.17) is 4.99 Å². The maximum absolute atomic E-state index is 5.19. The molecule has 1 aromatic heterocycles. The number of hydrogen-bond acceptors (Lipinski definition) is 2. The molecule has 0 unspecified atom stereocenters. The minimum absolute atomic E-state index is 0.0878. The monoisotopic (exact) mass is 591 g/mol. The number of allylic oxidation sites excluding steroid dienone is 1. The maximum Gasteiger partial charge on any atom is 0.145 e. The Kier molecular flexibility index (Phi) is 5.91. The van der Waals surface area contributed by atoms with Crippen molar-refractivity contribution in [1.82, 2.24) is 9.88 Å². The van der Waals surface area contributed by atoms with Crippen molar-refractivity contribution in [2.45, 2.75) is 25.4 Å². The topological polar surface area (TPSA) is 29.3 Å². The van der Waals surface area contributed by atoms with Crippen LogP contribution in [0.1, 0.15) is 47.8 Å². The first kappa shape index (κ1) is 26.7. The van der Waals surface area contributed by atoms with Crippen molar-refractivity contribution in [1.29, 1.82) is 0 Å². The number of fused-ring (bicyclic) bond motifs is 7. The molecule has 0 amide bonds. The van der Waals surface area contributed by atoms with Crippen molar-refractivity contribution >= 4 is 33.2 Å². The first-order valence-corrected chi connectivity index (χ1v) is 16.0. The molecule has 2 heterocycles. The van der Waals surface area contributed by atoms with Crippen LogP contribution in [0, 0.1) is 0 Å². The molecule has 0 bridgehead atoms. The molecule has 0 saturated heterocycles. The van der Waals surface area contributed by atoms with Gasteiger partial charge in [-0.3, -0.25) is 4.99 Å². The Hall–Kier alpha value is -5.67. The van der Waals surface area contributed by atoms with E-state index in [9.17, 15) is 0 Å². The van der Waals surface area contributed by atoms with E-state index in [2.05, 4.69) is 169 Å². The summed E-state index contributed by atoms with van der Waals surface area (Å²) in [5, 5.41) is 6.31. The summed E-state index contributed by atoms with van der Waals surface area (Å²) in [7, 11) is 0. The highest BCUT2D eigenvalue weighted by Gasteiger charge is 2.38. The Balaban J connectivity index is 1.18. The van der Waals surface area contributed by atoms with Gasteiger partial charge in [-0.15, -0.1) is 0 Å². The molecule has 3 heteroatoms. The Morgan fingerprint density at radius 3 is 2.11 bits per heavy atom. The second kappa shape index (κ2) is 10.2. The first-order valence-electron chi connectivity index (χ1n) is 16.0. The summed E-state index contributed by atoms with van der Waals surface area (Å²) in [6.07, 6.45) is 2.01. The van der Waals surface area contributed by atoms with Crippen LogP contribution in [0.25, 0.3) is 44.3 Å². The molecule has 7 aromatic rings. The van der Waals surface area contributed by atoms with E-state index < -0.39 is 0 Å². The molecular formula is C43H33N3. The van der Waals surface area contributed by atoms with Crippen molar-refractivity contribution in [2.75, 3.05) is 0 Å². The molecule has 3 nitrogen and oxygen atoms in total. The summed E-state index contributed by atoms with van der Waals surface area (Å²) < 4.78 is 2.43. The molecule has 0 fully saturated rings. The van der Waals surface area contributed by atoms with E-state index in [0.29, 0.717) is 0 Å². The largest absolute Gasteiger partial charge is 0.360 e. The van der Waals surface area contributed by atoms with Crippen molar-refractivity contribution < 1.29 is 0 Å². The average Bonchev–Trinajstić information content (AvgIpc) is 3.57. The quantitative estimate of drug-likeness (QED) is 0.217. The Bertz CT molecular complexity index is 2340. The van der Waals surface area contributed by atoms with Crippen LogP contribution in [0.4, 0.5) is 0 Å². The van der Waals surface area contributed by atoms with E-state index in [1.165, 1.54) is 44.1 Å². The molecule has 46 heavy (non-hydrogen) atoms. The number of aromatic nitrogens is 1. The molecule has 1 N–H and O–H groups in total. The minimum atomic E-state index is -0.164. The second-order valence-corrected chi connectivity index (χ2v) is 12.8. The average molecular weight is 592 g/mol. The lowest BCUT2D eigenvalue weighted by Crippen LogP contribution is -2.24. The van der Waals surface area contributed by atoms with Crippen LogP contribution in [0.5, 0.6) is 0 Å². The standard InChI is InChI=1S/C43H33N3/c1-43(2)35-19-11-9-17-32(35)33-25-26-39-40(41(33)43)34-18-10-12-20-38(34)46(39)31-23-21-29(22-24-31)37-27-36(28-13-5-3-6-14-28)44-42(45-37)30-15-7-4-8-16-30/h3-27,42,44H,1-2H3/t42-/m1/s1. The number of hydrogen-bond donors (Lipinski definition) is 1. The second-order valence-electron chi connectivity index (χ2n) is 12.8. The van der Waals surface area contributed by atoms with Gasteiger partial charge in [0, 0.05) is 27.6 Å². The van der Waals surface area contributed by atoms with Gasteiger partial charge in [0.15, 0.2) is 0 Å². The summed E-state index contributed by atoms with van der Waals surface area (Å²) in [5.41, 5.74) is 14.5. The van der Waals surface area contributed by atoms with Crippen LogP contribution in [-0.4, -0.2) is 10.3 Å². The molecule has 1 aliphatic heterocycles. The highest BCUT2D eigenvalue weighted by atomic mass is 15.1. The molecule has 1 atom stereocenters. The van der Waals surface area contributed by atoms with Crippen LogP contribution < -0.4 is 5.32 Å². The van der Waals surface area contributed by atoms with Crippen molar-refractivity contribution in [3.05, 3.63) is 179 Å². The highest BCUT2D eigenvalue weighted by molar-refractivity contribution is 6.15. The molecule has 2 aliphatic rings. The SMILES string of the molecule is CC1(C)c2ccccc2-c2ccc3c(c21)c1ccccc1n3-c1ccc(C2=N[C@H](c3ccccc3)NC(c3ccccc3)=C2)cc1. The summed E-state index contributed by atoms with van der Waals surface area (Å²) >= 11 is 0. The van der Waals surface area contributed by atoms with Crippen LogP contribution in [0.3, 0.4) is 0 Å². The summed E-state index contributed by atoms with van der Waals surface area (Å²) in [6.45, 7) is 4.75. The van der Waals surface area contributed by atoms with Gasteiger partial charge in [0.05, 0.1) is 16.7 Å². The fourth-order valence-electron chi connectivity index (χ4n) is 7.66. The van der Waals surface area contributed by atoms with Crippen molar-refractivity contribution in [3.8, 4) is 16.8 Å². The van der Waals surface area contributed by atoms with Gasteiger partial charge in [-0.2, -0.15) is 0 Å². The number of aliphatic imine (C=N–C) groups is 1. The Morgan fingerprint density at radius 2 is 1.30 bits per heavy atom. The number of rotatable bonds is 4. The molecule has 220 valence electrons. The van der Waals surface area contributed by atoms with Crippen LogP contribution >= 0.6 is 0 Å². The zero-order valence-corrected chi connectivity index (χ0v) is 25.9. The lowest BCUT2D eigenvalue weighted by molar-refractivity contribution is 0.664. The molecule has 1 aliphatic carbocycles. The summed E-state index contributed by atoms with van der Waals surface area (Å²) in [6, 6.07) is 52.3. The molecule has 9 rings (SSSR count). The van der Waals surface area contributed by atoms with Gasteiger partial charge in [-0.25, -0.2) is 0 Å². The molecule has 0 saturated carbocycles. The normalized spacial score (nSPS) is 16.4. The van der Waals surface area contributed by atoms with Gasteiger partial charge in [0.1, 0.15) is 6.17 Å². The fraction of sp³-hybridized carbons (Fsp3) is 0.0930. The van der Waals surface area contributed by atoms with Crippen molar-refractivity contribution in [3.63, 3.8) is 0 Å². The molecule has 0 spiro atoms. The van der Waals surface area contributed by atoms with Crippen LogP contribution in [0.15, 0.2) is 157 Å². The van der Waals surface area contributed by atoms with Gasteiger partial charge in [0.2, 0.25) is 0 Å². The summed E-state index contributed by atoms with van der Waals surface area (Å²) in [4.78, 5) is 5.19. The number of benzene rings is 6. The maximum atomic E-state index is 5.19. The van der Waals surface area contributed by atoms with Crippen molar-refractivity contribution in [2.24, 2.45) is 4.99 Å². The third-order valence-corrected chi connectivity index (χ3v) is 9.82. The Morgan fingerprint density at radius 1 is 0.609 bits per heavy atom. The Labute approximate surface area is 269 Å². The lowest BCUT2D eigenvalue weighted by atomic mass is 9.80. The predicted octanol–water partition coefficient (Wildman–Crippen LogP) is 10.2. The third-order valence-electron chi connectivity index (χ3n) is 9.82. The van der Waals surface area contributed by atoms with E-state index >= 15 is 0 Å². The van der Waals surface area contributed by atoms with E-state index in [0.717, 1.165) is 33.8 Å². The third kappa shape index (κ3) is 4.02. The van der Waals surface area contributed by atoms with Crippen LogP contribution in [-0.2, 0) is 5.41 Å². The number of nitrogens with zero attached hydrogens (tertiary/aromatic N) is 2. The summed E-state index contributed by atoms with van der Waals surface area (Å²) in [5.74, 6) is 0. The molecule has 0 radical (unpaired) electrons.